The van der Waals surface area contributed by atoms with Crippen molar-refractivity contribution in [1.82, 2.24) is 20.5 Å². The standard InChI is InChI=1S/C25H23N5O4/c1-32-25-21(10-9-20(30-25)19-3-2-4-22-23(19)34-12-11-33-22)29-18-7-5-17(6-8-18)24(31)26-13-16-14-27-28-15-16/h2-10,14-15,29H,11-13H2,1H3,(H,26,31)(H,27,28). The largest absolute Gasteiger partial charge is 0.486 e. The van der Waals surface area contributed by atoms with Gasteiger partial charge in [0.05, 0.1) is 19.0 Å². The lowest BCUT2D eigenvalue weighted by atomic mass is 10.1. The molecule has 3 N–H and O–H groups in total. The van der Waals surface area contributed by atoms with Gasteiger partial charge >= 0.3 is 0 Å². The highest BCUT2D eigenvalue weighted by molar-refractivity contribution is 5.94. The third-order valence-corrected chi connectivity index (χ3v) is 5.33. The van der Waals surface area contributed by atoms with E-state index in [1.54, 1.807) is 31.6 Å². The van der Waals surface area contributed by atoms with Gasteiger partial charge in [0.1, 0.15) is 18.9 Å². The van der Waals surface area contributed by atoms with Crippen LogP contribution in [0.25, 0.3) is 11.3 Å². The Labute approximate surface area is 196 Å². The van der Waals surface area contributed by atoms with E-state index in [0.29, 0.717) is 48.4 Å². The number of fused-ring (bicyclic) bond motifs is 1. The zero-order chi connectivity index (χ0) is 23.3. The summed E-state index contributed by atoms with van der Waals surface area (Å²) in [7, 11) is 1.57. The Morgan fingerprint density at radius 1 is 1.09 bits per heavy atom. The predicted octanol–water partition coefficient (Wildman–Crippen LogP) is 3.93. The molecule has 0 fully saturated rings. The van der Waals surface area contributed by atoms with Crippen molar-refractivity contribution in [3.63, 3.8) is 0 Å². The summed E-state index contributed by atoms with van der Waals surface area (Å²) in [5.74, 6) is 1.67. The van der Waals surface area contributed by atoms with Gasteiger partial charge in [0.15, 0.2) is 11.5 Å². The van der Waals surface area contributed by atoms with Gasteiger partial charge in [0, 0.05) is 35.1 Å². The van der Waals surface area contributed by atoms with Gasteiger partial charge in [-0.1, -0.05) is 6.07 Å². The monoisotopic (exact) mass is 457 g/mol. The number of amides is 1. The number of rotatable bonds is 7. The van der Waals surface area contributed by atoms with Crippen LogP contribution in [0.2, 0.25) is 0 Å². The van der Waals surface area contributed by atoms with Gasteiger partial charge in [0.25, 0.3) is 5.91 Å². The molecule has 5 rings (SSSR count). The molecule has 4 aromatic rings. The lowest BCUT2D eigenvalue weighted by Gasteiger charge is -2.21. The Balaban J connectivity index is 1.30. The zero-order valence-electron chi connectivity index (χ0n) is 18.5. The molecule has 9 nitrogen and oxygen atoms in total. The number of hydrogen-bond donors (Lipinski definition) is 3. The van der Waals surface area contributed by atoms with Crippen molar-refractivity contribution in [3.8, 4) is 28.6 Å². The number of aromatic amines is 1. The second-order valence-electron chi connectivity index (χ2n) is 7.57. The lowest BCUT2D eigenvalue weighted by Crippen LogP contribution is -2.22. The van der Waals surface area contributed by atoms with Gasteiger partial charge in [-0.3, -0.25) is 9.89 Å². The summed E-state index contributed by atoms with van der Waals surface area (Å²) in [5, 5.41) is 12.8. The van der Waals surface area contributed by atoms with Gasteiger partial charge in [0.2, 0.25) is 5.88 Å². The van der Waals surface area contributed by atoms with Crippen molar-refractivity contribution in [2.75, 3.05) is 25.6 Å². The SMILES string of the molecule is COc1nc(-c2cccc3c2OCCO3)ccc1Nc1ccc(C(=O)NCc2cn[nH]c2)cc1. The van der Waals surface area contributed by atoms with Crippen LogP contribution >= 0.6 is 0 Å². The lowest BCUT2D eigenvalue weighted by molar-refractivity contribution is 0.0951. The summed E-state index contributed by atoms with van der Waals surface area (Å²) in [4.78, 5) is 17.0. The molecule has 0 spiro atoms. The van der Waals surface area contributed by atoms with Crippen molar-refractivity contribution >= 4 is 17.3 Å². The first-order chi connectivity index (χ1) is 16.7. The van der Waals surface area contributed by atoms with Crippen molar-refractivity contribution in [3.05, 3.63) is 78.1 Å². The summed E-state index contributed by atoms with van der Waals surface area (Å²) in [6, 6.07) is 16.7. The summed E-state index contributed by atoms with van der Waals surface area (Å²) < 4.78 is 17.0. The molecule has 172 valence electrons. The van der Waals surface area contributed by atoms with Crippen molar-refractivity contribution in [1.29, 1.82) is 0 Å². The second kappa shape index (κ2) is 9.53. The number of H-pyrrole nitrogens is 1. The number of methoxy groups -OCH3 is 1. The van der Waals surface area contributed by atoms with E-state index in [1.165, 1.54) is 0 Å². The Morgan fingerprint density at radius 3 is 2.74 bits per heavy atom. The minimum Gasteiger partial charge on any atom is -0.486 e. The Kier molecular flexibility index (Phi) is 5.98. The third-order valence-electron chi connectivity index (χ3n) is 5.33. The van der Waals surface area contributed by atoms with Crippen molar-refractivity contribution in [2.45, 2.75) is 6.54 Å². The first-order valence-electron chi connectivity index (χ1n) is 10.8. The number of hydrogen-bond acceptors (Lipinski definition) is 7. The van der Waals surface area contributed by atoms with Crippen LogP contribution in [0.4, 0.5) is 11.4 Å². The number of aromatic nitrogens is 3. The van der Waals surface area contributed by atoms with E-state index in [2.05, 4.69) is 25.8 Å². The molecule has 0 atom stereocenters. The molecule has 34 heavy (non-hydrogen) atoms. The summed E-state index contributed by atoms with van der Waals surface area (Å²) in [5.41, 5.74) is 4.52. The third kappa shape index (κ3) is 4.49. The van der Waals surface area contributed by atoms with Crippen LogP contribution in [0.5, 0.6) is 17.4 Å². The number of anilines is 2. The highest BCUT2D eigenvalue weighted by Crippen LogP contribution is 2.40. The minimum absolute atomic E-state index is 0.159. The van der Waals surface area contributed by atoms with E-state index in [-0.39, 0.29) is 5.91 Å². The van der Waals surface area contributed by atoms with Crippen LogP contribution in [-0.2, 0) is 6.54 Å². The van der Waals surface area contributed by atoms with Gasteiger partial charge in [-0.2, -0.15) is 5.10 Å². The smallest absolute Gasteiger partial charge is 0.251 e. The Bertz CT molecular complexity index is 1290. The van der Waals surface area contributed by atoms with Gasteiger partial charge in [-0.25, -0.2) is 4.98 Å². The van der Waals surface area contributed by atoms with E-state index in [0.717, 1.165) is 22.5 Å². The number of nitrogens with zero attached hydrogens (tertiary/aromatic N) is 2. The maximum absolute atomic E-state index is 12.4. The first kappa shape index (κ1) is 21.3. The number of ether oxygens (including phenoxy) is 3. The molecule has 1 aliphatic heterocycles. The molecule has 0 aliphatic carbocycles. The molecule has 0 unspecified atom stereocenters. The molecule has 0 saturated carbocycles. The van der Waals surface area contributed by atoms with Crippen LogP contribution in [-0.4, -0.2) is 41.4 Å². The summed E-state index contributed by atoms with van der Waals surface area (Å²) in [6.45, 7) is 1.44. The van der Waals surface area contributed by atoms with Crippen LogP contribution in [0.15, 0.2) is 67.0 Å². The number of para-hydroxylation sites is 1. The normalized spacial score (nSPS) is 12.1. The van der Waals surface area contributed by atoms with Gasteiger partial charge < -0.3 is 24.8 Å². The maximum Gasteiger partial charge on any atom is 0.251 e. The van der Waals surface area contributed by atoms with Gasteiger partial charge in [-0.15, -0.1) is 0 Å². The molecule has 9 heteroatoms. The van der Waals surface area contributed by atoms with E-state index >= 15 is 0 Å². The van der Waals surface area contributed by atoms with E-state index < -0.39 is 0 Å². The minimum atomic E-state index is -0.159. The molecular formula is C25H23N5O4. The van der Waals surface area contributed by atoms with Crippen LogP contribution < -0.4 is 24.8 Å². The topological polar surface area (TPSA) is 110 Å². The molecule has 2 aromatic heterocycles. The predicted molar refractivity (Wildman–Crippen MR) is 127 cm³/mol. The highest BCUT2D eigenvalue weighted by Gasteiger charge is 2.19. The van der Waals surface area contributed by atoms with Crippen molar-refractivity contribution < 1.29 is 19.0 Å². The van der Waals surface area contributed by atoms with Crippen LogP contribution in [0.3, 0.4) is 0 Å². The first-order valence-corrected chi connectivity index (χ1v) is 10.8. The van der Waals surface area contributed by atoms with Crippen LogP contribution in [0, 0.1) is 0 Å². The van der Waals surface area contributed by atoms with Crippen LogP contribution in [0.1, 0.15) is 15.9 Å². The van der Waals surface area contributed by atoms with Gasteiger partial charge in [-0.05, 0) is 48.5 Å². The highest BCUT2D eigenvalue weighted by atomic mass is 16.6. The van der Waals surface area contributed by atoms with E-state index in [9.17, 15) is 4.79 Å². The average Bonchev–Trinajstić information content (AvgIpc) is 3.41. The van der Waals surface area contributed by atoms with E-state index in [4.69, 9.17) is 14.2 Å². The summed E-state index contributed by atoms with van der Waals surface area (Å²) >= 11 is 0. The summed E-state index contributed by atoms with van der Waals surface area (Å²) in [6.07, 6.45) is 3.42. The molecule has 0 radical (unpaired) electrons. The number of benzene rings is 2. The fourth-order valence-corrected chi connectivity index (χ4v) is 3.64. The molecule has 0 saturated heterocycles. The zero-order valence-corrected chi connectivity index (χ0v) is 18.5. The average molecular weight is 457 g/mol. The fourth-order valence-electron chi connectivity index (χ4n) is 3.64. The molecule has 3 heterocycles. The Morgan fingerprint density at radius 2 is 1.94 bits per heavy atom. The molecule has 2 aromatic carbocycles. The maximum atomic E-state index is 12.4. The molecular weight excluding hydrogens is 434 g/mol. The molecule has 0 bridgehead atoms. The Hall–Kier alpha value is -4.53. The molecule has 1 amide bonds. The number of nitrogens with one attached hydrogen (secondary N) is 3. The molecule has 1 aliphatic rings. The number of pyridine rings is 1. The van der Waals surface area contributed by atoms with Crippen molar-refractivity contribution in [2.24, 2.45) is 0 Å². The fraction of sp³-hybridized carbons (Fsp3) is 0.160. The second-order valence-corrected chi connectivity index (χ2v) is 7.57. The van der Waals surface area contributed by atoms with E-state index in [1.807, 2.05) is 42.5 Å². The quantitative estimate of drug-likeness (QED) is 0.386. The number of carbonyl (C=O) groups excluding carboxylic acids is 1. The number of carbonyl (C=O) groups is 1.